The zero-order valence-corrected chi connectivity index (χ0v) is 37.4. The average molecular weight is 877 g/mol. The molecule has 3 heterocycles. The van der Waals surface area contributed by atoms with Gasteiger partial charge in [0.2, 0.25) is 5.91 Å². The molecule has 6 unspecified atom stereocenters. The number of aldehydes is 1. The summed E-state index contributed by atoms with van der Waals surface area (Å²) in [6.07, 6.45) is 17.0. The molecule has 0 spiro atoms. The first-order valence-electron chi connectivity index (χ1n) is 22.0. The van der Waals surface area contributed by atoms with Gasteiger partial charge in [0.15, 0.2) is 6.10 Å². The van der Waals surface area contributed by atoms with Crippen molar-refractivity contribution in [2.24, 2.45) is 5.92 Å². The number of phenolic OH excluding ortho intramolecular Hbond substituents is 1. The van der Waals surface area contributed by atoms with Crippen molar-refractivity contribution in [2.75, 3.05) is 33.0 Å². The Labute approximate surface area is 366 Å². The lowest BCUT2D eigenvalue weighted by molar-refractivity contribution is -0.145. The minimum absolute atomic E-state index is 0.0170. The van der Waals surface area contributed by atoms with Crippen molar-refractivity contribution in [3.05, 3.63) is 81.7 Å². The van der Waals surface area contributed by atoms with Crippen molar-refractivity contribution < 1.29 is 43.8 Å². The van der Waals surface area contributed by atoms with Gasteiger partial charge in [-0.1, -0.05) is 48.8 Å². The van der Waals surface area contributed by atoms with Crippen molar-refractivity contribution in [3.63, 3.8) is 0 Å². The number of fused-ring (bicyclic) bond motifs is 1. The summed E-state index contributed by atoms with van der Waals surface area (Å²) in [5.74, 6) is -0.392. The number of aliphatic hydroxyl groups excluding tert-OH is 1. The molecule has 1 saturated carbocycles. The van der Waals surface area contributed by atoms with Crippen LogP contribution in [0.4, 0.5) is 0 Å². The molecule has 3 aromatic rings. The molecule has 2 aliphatic carbocycles. The molecular weight excluding hydrogens is 812 g/mol. The number of aliphatic carboxylic acids is 1. The molecule has 7 rings (SSSR count). The topological polar surface area (TPSA) is 214 Å². The molecule has 1 aromatic heterocycles. The van der Waals surface area contributed by atoms with E-state index in [1.54, 1.807) is 37.7 Å². The van der Waals surface area contributed by atoms with Crippen LogP contribution in [0.1, 0.15) is 127 Å². The standard InChI is InChI=1S/C18H27N2O6P.C18H23NO2.C10H15N3O/c1-10-6-12(7-11(2)16(10)22)17(23)20-8-13(21)9-27-15(19-3)5-4-14(26-27)18(24)25;1-2-4-13-6-7-14-8-9-17(16(14)11-13)19-18(20)15-5-3-10-21-12-15;14-7-6-13-8-10(11-12-13)9-4-2-1-3-5-9/h6-7,13-15,19,21-22H,4-5,8-9H2,1-3H3,(H,20,23)(H,24,25);2,4,6-7,11,15,17H,3,5,8-10,12H2,1H3,(H,19,20);7-9H,1-6H2/b;4-2+;. The van der Waals surface area contributed by atoms with Gasteiger partial charge in [-0.05, 0) is 125 Å². The highest BCUT2D eigenvalue weighted by Gasteiger charge is 2.35. The number of nitrogens with zero attached hydrogens (tertiary/aromatic N) is 3. The minimum atomic E-state index is -1.17. The number of amides is 2. The van der Waals surface area contributed by atoms with Crippen LogP contribution in [0.3, 0.4) is 0 Å². The predicted molar refractivity (Wildman–Crippen MR) is 238 cm³/mol. The van der Waals surface area contributed by atoms with Gasteiger partial charge in [-0.3, -0.25) is 9.59 Å². The van der Waals surface area contributed by atoms with Crippen LogP contribution in [0.2, 0.25) is 0 Å². The predicted octanol–water partition coefficient (Wildman–Crippen LogP) is 6.08. The lowest BCUT2D eigenvalue weighted by atomic mass is 9.87. The third-order valence-corrected chi connectivity index (χ3v) is 14.4. The summed E-state index contributed by atoms with van der Waals surface area (Å²) < 4.78 is 12.7. The molecule has 0 radical (unpaired) electrons. The smallest absolute Gasteiger partial charge is 0.333 e. The number of hydrogen-bond acceptors (Lipinski definition) is 11. The molecule has 4 aliphatic rings. The van der Waals surface area contributed by atoms with E-state index in [0.717, 1.165) is 44.3 Å². The first kappa shape index (κ1) is 48.5. The maximum atomic E-state index is 12.4. The SMILES string of the molecule is C/C=C/c1ccc2c(c1)C(NC(=O)C1CCCOC1)CC2.CNC1CCC(C(=O)O)OP1CC(O)CNC(=O)c1cc(C)c(O)c(C)c1.O=CCn1cc(C2CCCCC2)nn1. The summed E-state index contributed by atoms with van der Waals surface area (Å²) in [6.45, 7) is 7.18. The van der Waals surface area contributed by atoms with Crippen molar-refractivity contribution in [2.45, 2.75) is 128 Å². The number of nitrogens with one attached hydrogen (secondary N) is 3. The van der Waals surface area contributed by atoms with Gasteiger partial charge in [0.25, 0.3) is 5.91 Å². The van der Waals surface area contributed by atoms with Gasteiger partial charge in [0, 0.05) is 37.0 Å². The molecule has 3 fully saturated rings. The summed E-state index contributed by atoms with van der Waals surface area (Å²) in [5.41, 5.74) is 6.55. The number of carbonyl (C=O) groups excluding carboxylic acids is 3. The van der Waals surface area contributed by atoms with Crippen LogP contribution in [-0.2, 0) is 36.6 Å². The highest BCUT2D eigenvalue weighted by Crippen LogP contribution is 2.49. The van der Waals surface area contributed by atoms with E-state index < -0.39 is 26.3 Å². The van der Waals surface area contributed by atoms with Gasteiger partial charge >= 0.3 is 5.97 Å². The molecule has 2 aromatic carbocycles. The zero-order valence-electron chi connectivity index (χ0n) is 36.6. The highest BCUT2D eigenvalue weighted by atomic mass is 31.1. The quantitative estimate of drug-likeness (QED) is 0.0852. The minimum Gasteiger partial charge on any atom is -0.507 e. The number of aromatic hydroxyl groups is 1. The summed E-state index contributed by atoms with van der Waals surface area (Å²) in [5, 5.41) is 46.3. The average Bonchev–Trinajstić information content (AvgIpc) is 3.92. The number of aryl methyl sites for hydroxylation is 3. The number of carbonyl (C=O) groups is 4. The normalized spacial score (nSPS) is 22.9. The lowest BCUT2D eigenvalue weighted by Gasteiger charge is -2.35. The molecule has 0 bridgehead atoms. The van der Waals surface area contributed by atoms with E-state index in [1.165, 1.54) is 48.8 Å². The van der Waals surface area contributed by atoms with Crippen molar-refractivity contribution in [1.82, 2.24) is 30.9 Å². The van der Waals surface area contributed by atoms with Gasteiger partial charge in [-0.2, -0.15) is 0 Å². The largest absolute Gasteiger partial charge is 0.507 e. The second kappa shape index (κ2) is 24.4. The van der Waals surface area contributed by atoms with Gasteiger partial charge in [0.1, 0.15) is 12.0 Å². The maximum Gasteiger partial charge on any atom is 0.333 e. The first-order chi connectivity index (χ1) is 29.9. The molecule has 16 heteroatoms. The lowest BCUT2D eigenvalue weighted by Crippen LogP contribution is -2.39. The van der Waals surface area contributed by atoms with Gasteiger partial charge in [-0.15, -0.1) is 5.10 Å². The Hall–Kier alpha value is -4.53. The first-order valence-corrected chi connectivity index (χ1v) is 23.5. The zero-order chi connectivity index (χ0) is 44.6. The second-order valence-electron chi connectivity index (χ2n) is 16.6. The number of allylic oxidation sites excluding steroid dienone is 1. The summed E-state index contributed by atoms with van der Waals surface area (Å²) in [6, 6.07) is 9.91. The maximum absolute atomic E-state index is 12.4. The fourth-order valence-corrected chi connectivity index (χ4v) is 10.7. The Bertz CT molecular complexity index is 1960. The van der Waals surface area contributed by atoms with Crippen molar-refractivity contribution in [3.8, 4) is 5.75 Å². The van der Waals surface area contributed by atoms with E-state index in [1.807, 2.05) is 19.2 Å². The monoisotopic (exact) mass is 876 g/mol. The molecule has 6 N–H and O–H groups in total. The number of benzene rings is 2. The van der Waals surface area contributed by atoms with E-state index in [2.05, 4.69) is 50.5 Å². The number of hydrogen-bond donors (Lipinski definition) is 6. The van der Waals surface area contributed by atoms with Gasteiger partial charge in [-0.25, -0.2) is 9.48 Å². The van der Waals surface area contributed by atoms with Crippen LogP contribution in [0.5, 0.6) is 5.75 Å². The number of rotatable bonds is 13. The van der Waals surface area contributed by atoms with Crippen LogP contribution in [0.15, 0.2) is 42.6 Å². The summed E-state index contributed by atoms with van der Waals surface area (Å²) in [4.78, 5) is 46.1. The Morgan fingerprint density at radius 3 is 2.44 bits per heavy atom. The van der Waals surface area contributed by atoms with Crippen LogP contribution in [-0.4, -0.2) is 105 Å². The Kier molecular flexibility index (Phi) is 19.0. The van der Waals surface area contributed by atoms with E-state index in [0.29, 0.717) is 48.6 Å². The Morgan fingerprint density at radius 2 is 1.77 bits per heavy atom. The number of carboxylic acids is 1. The third-order valence-electron chi connectivity index (χ3n) is 11.9. The number of phenols is 1. The van der Waals surface area contributed by atoms with Crippen LogP contribution >= 0.6 is 8.15 Å². The van der Waals surface area contributed by atoms with E-state index >= 15 is 0 Å². The Balaban J connectivity index is 0.000000184. The molecule has 2 amide bonds. The highest BCUT2D eigenvalue weighted by molar-refractivity contribution is 7.53. The number of ether oxygens (including phenoxy) is 1. The van der Waals surface area contributed by atoms with Crippen LogP contribution in [0, 0.1) is 19.8 Å². The molecule has 15 nitrogen and oxygen atoms in total. The second-order valence-corrected chi connectivity index (χ2v) is 18.6. The molecule has 338 valence electrons. The fourth-order valence-electron chi connectivity index (χ4n) is 8.41. The molecule has 2 saturated heterocycles. The van der Waals surface area contributed by atoms with E-state index in [-0.39, 0.29) is 48.0 Å². The molecule has 62 heavy (non-hydrogen) atoms. The van der Waals surface area contributed by atoms with Gasteiger partial charge in [0.05, 0.1) is 50.8 Å². The molecule has 6 atom stereocenters. The van der Waals surface area contributed by atoms with E-state index in [4.69, 9.17) is 14.4 Å². The Morgan fingerprint density at radius 1 is 1.02 bits per heavy atom. The molecular formula is C46H65N6O9P. The van der Waals surface area contributed by atoms with Crippen LogP contribution < -0.4 is 16.0 Å². The summed E-state index contributed by atoms with van der Waals surface area (Å²) >= 11 is 0. The number of carboxylic acid groups (broad SMARTS) is 1. The summed E-state index contributed by atoms with van der Waals surface area (Å²) in [7, 11) is 0.613. The number of aromatic nitrogens is 3. The van der Waals surface area contributed by atoms with Crippen molar-refractivity contribution in [1.29, 1.82) is 0 Å². The van der Waals surface area contributed by atoms with Gasteiger partial charge < -0.3 is 45.3 Å². The third kappa shape index (κ3) is 14.0. The fraction of sp³-hybridized carbons (Fsp3) is 0.565. The van der Waals surface area contributed by atoms with Crippen LogP contribution in [0.25, 0.3) is 6.08 Å². The van der Waals surface area contributed by atoms with E-state index in [9.17, 15) is 29.4 Å². The number of aliphatic hydroxyl groups is 1. The molecule has 2 aliphatic heterocycles. The van der Waals surface area contributed by atoms with Crippen molar-refractivity contribution >= 4 is 38.3 Å².